The quantitative estimate of drug-likeness (QED) is 0.897. The average Bonchev–Trinajstić information content (AvgIpc) is 3.08. The average molecular weight is 263 g/mol. The molecule has 0 amide bonds. The fourth-order valence-corrected chi connectivity index (χ4v) is 3.55. The van der Waals surface area contributed by atoms with Gasteiger partial charge >= 0.3 is 0 Å². The summed E-state index contributed by atoms with van der Waals surface area (Å²) in [5.41, 5.74) is 0.235. The van der Waals surface area contributed by atoms with E-state index in [0.29, 0.717) is 6.10 Å². The summed E-state index contributed by atoms with van der Waals surface area (Å²) in [6, 6.07) is 4.23. The fourth-order valence-electron chi connectivity index (χ4n) is 3.55. The van der Waals surface area contributed by atoms with Crippen LogP contribution in [-0.4, -0.2) is 18.2 Å². The number of nitrogens with one attached hydrogen (secondary N) is 1. The van der Waals surface area contributed by atoms with Gasteiger partial charge in [-0.15, -0.1) is 0 Å². The first kappa shape index (κ1) is 13.2. The number of furan rings is 1. The second-order valence-corrected chi connectivity index (χ2v) is 6.17. The van der Waals surface area contributed by atoms with Crippen molar-refractivity contribution < 1.29 is 9.15 Å². The van der Waals surface area contributed by atoms with Gasteiger partial charge in [-0.1, -0.05) is 19.3 Å². The van der Waals surface area contributed by atoms with Crippen LogP contribution in [0.5, 0.6) is 0 Å². The van der Waals surface area contributed by atoms with Crippen LogP contribution in [0.3, 0.4) is 0 Å². The number of rotatable bonds is 4. The Morgan fingerprint density at radius 1 is 1.32 bits per heavy atom. The van der Waals surface area contributed by atoms with Gasteiger partial charge < -0.3 is 14.5 Å². The molecule has 3 rings (SSSR count). The van der Waals surface area contributed by atoms with Gasteiger partial charge in [0, 0.05) is 6.54 Å². The van der Waals surface area contributed by atoms with Crippen LogP contribution in [0, 0.1) is 0 Å². The predicted molar refractivity (Wildman–Crippen MR) is 75.0 cm³/mol. The zero-order chi connectivity index (χ0) is 13.1. The van der Waals surface area contributed by atoms with Crippen molar-refractivity contribution in [1.29, 1.82) is 0 Å². The molecule has 1 spiro atoms. The van der Waals surface area contributed by atoms with Crippen LogP contribution in [0.4, 0.5) is 0 Å². The van der Waals surface area contributed by atoms with Gasteiger partial charge in [0.2, 0.25) is 0 Å². The standard InChI is InChI=1S/C16H25NO2/c1-13(15-6-5-11-18-15)17-12-14-7-10-16(19-14)8-3-2-4-9-16/h5-6,11,13-14,17H,2-4,7-10,12H2,1H3. The lowest BCUT2D eigenvalue weighted by atomic mass is 9.83. The van der Waals surface area contributed by atoms with Gasteiger partial charge in [0.05, 0.1) is 24.0 Å². The van der Waals surface area contributed by atoms with Crippen LogP contribution in [0.25, 0.3) is 0 Å². The molecule has 0 aromatic carbocycles. The van der Waals surface area contributed by atoms with Crippen molar-refractivity contribution in [1.82, 2.24) is 5.32 Å². The Morgan fingerprint density at radius 2 is 2.16 bits per heavy atom. The first-order valence-corrected chi connectivity index (χ1v) is 7.72. The van der Waals surface area contributed by atoms with Crippen molar-refractivity contribution in [2.45, 2.75) is 69.6 Å². The Hall–Kier alpha value is -0.800. The summed E-state index contributed by atoms with van der Waals surface area (Å²) in [6.45, 7) is 3.08. The summed E-state index contributed by atoms with van der Waals surface area (Å²) in [5.74, 6) is 1.00. The van der Waals surface area contributed by atoms with E-state index in [1.807, 2.05) is 12.1 Å². The second-order valence-electron chi connectivity index (χ2n) is 6.17. The highest BCUT2D eigenvalue weighted by atomic mass is 16.5. The molecule has 2 aliphatic rings. The third-order valence-corrected chi connectivity index (χ3v) is 4.73. The van der Waals surface area contributed by atoms with E-state index in [-0.39, 0.29) is 11.6 Å². The van der Waals surface area contributed by atoms with Gasteiger partial charge in [0.15, 0.2) is 0 Å². The van der Waals surface area contributed by atoms with E-state index in [2.05, 4.69) is 12.2 Å². The lowest BCUT2D eigenvalue weighted by Gasteiger charge is -2.33. The molecule has 2 fully saturated rings. The Bertz CT molecular complexity index is 381. The number of ether oxygens (including phenoxy) is 1. The highest BCUT2D eigenvalue weighted by Gasteiger charge is 2.40. The zero-order valence-corrected chi connectivity index (χ0v) is 11.9. The topological polar surface area (TPSA) is 34.4 Å². The molecule has 2 atom stereocenters. The van der Waals surface area contributed by atoms with Gasteiger partial charge in [0.1, 0.15) is 5.76 Å². The SMILES string of the molecule is CC(NCC1CCC2(CCCCC2)O1)c1ccco1. The van der Waals surface area contributed by atoms with E-state index in [1.165, 1.54) is 44.9 Å². The highest BCUT2D eigenvalue weighted by molar-refractivity contribution is 5.03. The van der Waals surface area contributed by atoms with E-state index in [4.69, 9.17) is 9.15 Å². The highest BCUT2D eigenvalue weighted by Crippen LogP contribution is 2.41. The summed E-state index contributed by atoms with van der Waals surface area (Å²) in [4.78, 5) is 0. The molecule has 1 aliphatic heterocycles. The van der Waals surface area contributed by atoms with Gasteiger partial charge in [-0.3, -0.25) is 0 Å². The lowest BCUT2D eigenvalue weighted by molar-refractivity contribution is -0.0629. The molecule has 1 saturated carbocycles. The van der Waals surface area contributed by atoms with Crippen molar-refractivity contribution in [3.8, 4) is 0 Å². The summed E-state index contributed by atoms with van der Waals surface area (Å²) in [6.07, 6.45) is 11.2. The monoisotopic (exact) mass is 263 g/mol. The van der Waals surface area contributed by atoms with Crippen molar-refractivity contribution in [2.24, 2.45) is 0 Å². The van der Waals surface area contributed by atoms with Crippen molar-refractivity contribution in [3.63, 3.8) is 0 Å². The van der Waals surface area contributed by atoms with Crippen LogP contribution in [0.2, 0.25) is 0 Å². The predicted octanol–water partition coefficient (Wildman–Crippen LogP) is 3.81. The van der Waals surface area contributed by atoms with Gasteiger partial charge in [-0.25, -0.2) is 0 Å². The number of hydrogen-bond donors (Lipinski definition) is 1. The summed E-state index contributed by atoms with van der Waals surface area (Å²) in [7, 11) is 0. The van der Waals surface area contributed by atoms with Gasteiger partial charge in [-0.05, 0) is 44.7 Å². The van der Waals surface area contributed by atoms with Gasteiger partial charge in [0.25, 0.3) is 0 Å². The van der Waals surface area contributed by atoms with E-state index in [1.54, 1.807) is 6.26 Å². The minimum Gasteiger partial charge on any atom is -0.468 e. The molecule has 0 radical (unpaired) electrons. The Morgan fingerprint density at radius 3 is 2.89 bits per heavy atom. The maximum atomic E-state index is 6.36. The lowest BCUT2D eigenvalue weighted by Crippen LogP contribution is -2.35. The molecule has 1 aromatic rings. The molecule has 1 aliphatic carbocycles. The Kier molecular flexibility index (Phi) is 3.94. The van der Waals surface area contributed by atoms with Crippen molar-refractivity contribution in [3.05, 3.63) is 24.2 Å². The smallest absolute Gasteiger partial charge is 0.120 e. The molecule has 1 saturated heterocycles. The van der Waals surface area contributed by atoms with Gasteiger partial charge in [-0.2, -0.15) is 0 Å². The molecule has 106 valence electrons. The Balaban J connectivity index is 1.47. The van der Waals surface area contributed by atoms with E-state index < -0.39 is 0 Å². The van der Waals surface area contributed by atoms with E-state index in [0.717, 1.165) is 12.3 Å². The summed E-state index contributed by atoms with van der Waals surface area (Å²) >= 11 is 0. The molecule has 19 heavy (non-hydrogen) atoms. The molecular formula is C16H25NO2. The molecule has 2 heterocycles. The van der Waals surface area contributed by atoms with E-state index >= 15 is 0 Å². The zero-order valence-electron chi connectivity index (χ0n) is 11.9. The van der Waals surface area contributed by atoms with Crippen LogP contribution in [-0.2, 0) is 4.74 Å². The second kappa shape index (κ2) is 5.68. The van der Waals surface area contributed by atoms with Crippen molar-refractivity contribution in [2.75, 3.05) is 6.54 Å². The van der Waals surface area contributed by atoms with Crippen LogP contribution < -0.4 is 5.32 Å². The molecule has 3 heteroatoms. The van der Waals surface area contributed by atoms with Crippen LogP contribution in [0.1, 0.15) is 63.7 Å². The normalized spacial score (nSPS) is 27.7. The van der Waals surface area contributed by atoms with Crippen LogP contribution in [0.15, 0.2) is 22.8 Å². The minimum atomic E-state index is 0.235. The molecule has 1 N–H and O–H groups in total. The first-order chi connectivity index (χ1) is 9.27. The molecule has 2 unspecified atom stereocenters. The maximum absolute atomic E-state index is 6.36. The van der Waals surface area contributed by atoms with Crippen LogP contribution >= 0.6 is 0 Å². The third kappa shape index (κ3) is 3.03. The molecular weight excluding hydrogens is 238 g/mol. The summed E-state index contributed by atoms with van der Waals surface area (Å²) in [5, 5.41) is 3.53. The minimum absolute atomic E-state index is 0.235. The fraction of sp³-hybridized carbons (Fsp3) is 0.750. The van der Waals surface area contributed by atoms with E-state index in [9.17, 15) is 0 Å². The maximum Gasteiger partial charge on any atom is 0.120 e. The Labute approximate surface area is 115 Å². The third-order valence-electron chi connectivity index (χ3n) is 4.73. The largest absolute Gasteiger partial charge is 0.468 e. The summed E-state index contributed by atoms with van der Waals surface area (Å²) < 4.78 is 11.8. The van der Waals surface area contributed by atoms with Crippen molar-refractivity contribution >= 4 is 0 Å². The first-order valence-electron chi connectivity index (χ1n) is 7.72. The molecule has 0 bridgehead atoms. The molecule has 3 nitrogen and oxygen atoms in total. The molecule has 1 aromatic heterocycles. The number of hydrogen-bond acceptors (Lipinski definition) is 3.